The van der Waals surface area contributed by atoms with E-state index in [0.717, 1.165) is 24.5 Å². The maximum absolute atomic E-state index is 12.5. The molecular formula is C21H18N4O3. The van der Waals surface area contributed by atoms with Crippen molar-refractivity contribution in [3.05, 3.63) is 66.1 Å². The van der Waals surface area contributed by atoms with Crippen molar-refractivity contribution in [2.75, 3.05) is 30.0 Å². The first kappa shape index (κ1) is 16.6. The zero-order valence-electron chi connectivity index (χ0n) is 15.1. The number of hydrogen-bond acceptors (Lipinski definition) is 6. The zero-order valence-corrected chi connectivity index (χ0v) is 15.1. The molecule has 0 bridgehead atoms. The van der Waals surface area contributed by atoms with Crippen LogP contribution in [0.15, 0.2) is 54.9 Å². The number of benzene rings is 2. The third kappa shape index (κ3) is 3.00. The van der Waals surface area contributed by atoms with Gasteiger partial charge in [0, 0.05) is 24.0 Å². The van der Waals surface area contributed by atoms with Crippen LogP contribution in [0.2, 0.25) is 0 Å². The predicted octanol–water partition coefficient (Wildman–Crippen LogP) is 3.19. The van der Waals surface area contributed by atoms with E-state index in [9.17, 15) is 4.79 Å². The molecule has 2 aliphatic heterocycles. The van der Waals surface area contributed by atoms with Gasteiger partial charge in [0.2, 0.25) is 0 Å². The van der Waals surface area contributed by atoms with Crippen molar-refractivity contribution in [1.82, 2.24) is 9.97 Å². The Morgan fingerprint density at radius 1 is 1.00 bits per heavy atom. The summed E-state index contributed by atoms with van der Waals surface area (Å²) in [6.07, 6.45) is 4.12. The number of rotatable bonds is 3. The van der Waals surface area contributed by atoms with Gasteiger partial charge in [-0.1, -0.05) is 18.2 Å². The van der Waals surface area contributed by atoms with Crippen LogP contribution >= 0.6 is 0 Å². The second-order valence-electron chi connectivity index (χ2n) is 6.60. The summed E-state index contributed by atoms with van der Waals surface area (Å²) in [5, 5.41) is 2.82. The van der Waals surface area contributed by atoms with Crippen LogP contribution in [0.1, 0.15) is 16.1 Å². The minimum atomic E-state index is -0.322. The predicted molar refractivity (Wildman–Crippen MR) is 105 cm³/mol. The van der Waals surface area contributed by atoms with E-state index in [1.807, 2.05) is 12.1 Å². The van der Waals surface area contributed by atoms with Crippen LogP contribution in [0.25, 0.3) is 0 Å². The van der Waals surface area contributed by atoms with Gasteiger partial charge in [-0.15, -0.1) is 0 Å². The molecule has 140 valence electrons. The minimum Gasteiger partial charge on any atom is -0.486 e. The number of ether oxygens (including phenoxy) is 2. The quantitative estimate of drug-likeness (QED) is 0.759. The molecule has 7 heteroatoms. The highest BCUT2D eigenvalue weighted by Crippen LogP contribution is 2.33. The van der Waals surface area contributed by atoms with Gasteiger partial charge in [0.05, 0.1) is 12.4 Å². The molecule has 3 heterocycles. The Morgan fingerprint density at radius 3 is 2.71 bits per heavy atom. The molecule has 0 saturated carbocycles. The number of carbonyl (C=O) groups is 1. The van der Waals surface area contributed by atoms with Gasteiger partial charge in [-0.3, -0.25) is 4.79 Å². The summed E-state index contributed by atoms with van der Waals surface area (Å²) in [5.41, 5.74) is 3.31. The van der Waals surface area contributed by atoms with Crippen molar-refractivity contribution in [2.45, 2.75) is 6.42 Å². The first-order valence-electron chi connectivity index (χ1n) is 9.16. The number of aromatic nitrogens is 2. The molecule has 0 radical (unpaired) electrons. The summed E-state index contributed by atoms with van der Waals surface area (Å²) < 4.78 is 11.0. The second kappa shape index (κ2) is 6.84. The van der Waals surface area contributed by atoms with Crippen LogP contribution in [0.5, 0.6) is 11.5 Å². The van der Waals surface area contributed by atoms with Gasteiger partial charge < -0.3 is 19.7 Å². The monoisotopic (exact) mass is 374 g/mol. The smallest absolute Gasteiger partial charge is 0.275 e. The van der Waals surface area contributed by atoms with E-state index in [1.165, 1.54) is 11.8 Å². The fourth-order valence-electron chi connectivity index (χ4n) is 3.47. The standard InChI is InChI=1S/C21H18N4O3/c26-21(24-15-5-6-18-19(11-15)28-10-9-27-18)16-12-23-20(13-22-16)25-8-7-14-3-1-2-4-17(14)25/h1-6,11-13H,7-10H2,(H,24,26). The molecule has 0 atom stereocenters. The number of amides is 1. The molecule has 2 aliphatic rings. The molecule has 0 fully saturated rings. The van der Waals surface area contributed by atoms with E-state index in [2.05, 4.69) is 32.3 Å². The lowest BCUT2D eigenvalue weighted by molar-refractivity contribution is 0.102. The van der Waals surface area contributed by atoms with Crippen molar-refractivity contribution in [3.8, 4) is 11.5 Å². The van der Waals surface area contributed by atoms with Gasteiger partial charge >= 0.3 is 0 Å². The molecule has 1 N–H and O–H groups in total. The molecule has 2 aromatic carbocycles. The Balaban J connectivity index is 1.31. The number of para-hydroxylation sites is 1. The van der Waals surface area contributed by atoms with Gasteiger partial charge in [-0.25, -0.2) is 9.97 Å². The number of carbonyl (C=O) groups excluding carboxylic acids is 1. The average molecular weight is 374 g/mol. The van der Waals surface area contributed by atoms with E-state index >= 15 is 0 Å². The summed E-state index contributed by atoms with van der Waals surface area (Å²) in [6, 6.07) is 13.6. The average Bonchev–Trinajstić information content (AvgIpc) is 3.18. The fourth-order valence-corrected chi connectivity index (χ4v) is 3.47. The van der Waals surface area contributed by atoms with E-state index in [-0.39, 0.29) is 11.6 Å². The Bertz CT molecular complexity index is 1040. The van der Waals surface area contributed by atoms with Crippen molar-refractivity contribution in [3.63, 3.8) is 0 Å². The summed E-state index contributed by atoms with van der Waals surface area (Å²) in [6.45, 7) is 1.88. The highest BCUT2D eigenvalue weighted by Gasteiger charge is 2.21. The lowest BCUT2D eigenvalue weighted by Crippen LogP contribution is -2.18. The molecule has 0 spiro atoms. The summed E-state index contributed by atoms with van der Waals surface area (Å²) >= 11 is 0. The van der Waals surface area contributed by atoms with Crippen LogP contribution in [-0.2, 0) is 6.42 Å². The number of nitrogens with one attached hydrogen (secondary N) is 1. The van der Waals surface area contributed by atoms with Gasteiger partial charge in [-0.2, -0.15) is 0 Å². The van der Waals surface area contributed by atoms with Crippen molar-refractivity contribution >= 4 is 23.1 Å². The van der Waals surface area contributed by atoms with Gasteiger partial charge in [0.15, 0.2) is 17.3 Å². The lowest BCUT2D eigenvalue weighted by atomic mass is 10.2. The maximum atomic E-state index is 12.5. The van der Waals surface area contributed by atoms with Gasteiger partial charge in [0.25, 0.3) is 5.91 Å². The lowest BCUT2D eigenvalue weighted by Gasteiger charge is -2.19. The summed E-state index contributed by atoms with van der Waals surface area (Å²) in [7, 11) is 0. The van der Waals surface area contributed by atoms with E-state index in [4.69, 9.17) is 9.47 Å². The van der Waals surface area contributed by atoms with Crippen LogP contribution in [0, 0.1) is 0 Å². The SMILES string of the molecule is O=C(Nc1ccc2c(c1)OCCO2)c1cnc(N2CCc3ccccc32)cn1. The highest BCUT2D eigenvalue weighted by atomic mass is 16.6. The molecular weight excluding hydrogens is 356 g/mol. The van der Waals surface area contributed by atoms with Gasteiger partial charge in [-0.05, 0) is 30.2 Å². The first-order chi connectivity index (χ1) is 13.8. The molecule has 0 aliphatic carbocycles. The molecule has 28 heavy (non-hydrogen) atoms. The van der Waals surface area contributed by atoms with Crippen molar-refractivity contribution in [1.29, 1.82) is 0 Å². The summed E-state index contributed by atoms with van der Waals surface area (Å²) in [4.78, 5) is 23.4. The number of nitrogens with zero attached hydrogens (tertiary/aromatic N) is 3. The number of anilines is 3. The third-order valence-corrected chi connectivity index (χ3v) is 4.83. The Morgan fingerprint density at radius 2 is 1.86 bits per heavy atom. The molecule has 0 unspecified atom stereocenters. The number of hydrogen-bond donors (Lipinski definition) is 1. The topological polar surface area (TPSA) is 76.6 Å². The van der Waals surface area contributed by atoms with Crippen molar-refractivity contribution < 1.29 is 14.3 Å². The van der Waals surface area contributed by atoms with Crippen LogP contribution in [0.4, 0.5) is 17.2 Å². The normalized spacial score (nSPS) is 14.5. The molecule has 1 amide bonds. The highest BCUT2D eigenvalue weighted by molar-refractivity contribution is 6.02. The zero-order chi connectivity index (χ0) is 18.9. The second-order valence-corrected chi connectivity index (χ2v) is 6.60. The van der Waals surface area contributed by atoms with Crippen LogP contribution in [-0.4, -0.2) is 35.6 Å². The minimum absolute atomic E-state index is 0.256. The van der Waals surface area contributed by atoms with Crippen LogP contribution in [0.3, 0.4) is 0 Å². The molecule has 7 nitrogen and oxygen atoms in total. The van der Waals surface area contributed by atoms with E-state index in [1.54, 1.807) is 24.4 Å². The first-order valence-corrected chi connectivity index (χ1v) is 9.16. The van der Waals surface area contributed by atoms with E-state index < -0.39 is 0 Å². The summed E-state index contributed by atoms with van der Waals surface area (Å²) in [5.74, 6) is 1.72. The molecule has 0 saturated heterocycles. The van der Waals surface area contributed by atoms with Crippen molar-refractivity contribution in [2.24, 2.45) is 0 Å². The molecule has 1 aromatic heterocycles. The van der Waals surface area contributed by atoms with E-state index in [0.29, 0.717) is 30.4 Å². The fraction of sp³-hybridized carbons (Fsp3) is 0.190. The van der Waals surface area contributed by atoms with Crippen LogP contribution < -0.4 is 19.7 Å². The number of fused-ring (bicyclic) bond motifs is 2. The largest absolute Gasteiger partial charge is 0.486 e. The molecule has 5 rings (SSSR count). The Hall–Kier alpha value is -3.61. The van der Waals surface area contributed by atoms with Gasteiger partial charge in [0.1, 0.15) is 18.9 Å². The Kier molecular flexibility index (Phi) is 4.05. The third-order valence-electron chi connectivity index (χ3n) is 4.83. The molecule has 3 aromatic rings. The maximum Gasteiger partial charge on any atom is 0.275 e. The Labute approximate surface area is 161 Å².